The highest BCUT2D eigenvalue weighted by Gasteiger charge is 2.38. The van der Waals surface area contributed by atoms with Gasteiger partial charge in [0.2, 0.25) is 0 Å². The first-order valence-corrected chi connectivity index (χ1v) is 7.24. The minimum Gasteiger partial charge on any atom is -0.310 e. The number of piperidine rings is 1. The van der Waals surface area contributed by atoms with Crippen molar-refractivity contribution < 1.29 is 0 Å². The van der Waals surface area contributed by atoms with E-state index in [2.05, 4.69) is 17.1 Å². The third-order valence-electron chi connectivity index (χ3n) is 4.51. The lowest BCUT2D eigenvalue weighted by atomic mass is 9.90. The number of hydrogen-bond acceptors (Lipinski definition) is 2. The largest absolute Gasteiger partial charge is 0.310 e. The van der Waals surface area contributed by atoms with Crippen molar-refractivity contribution in [2.75, 3.05) is 19.6 Å². The Morgan fingerprint density at radius 1 is 1.19 bits per heavy atom. The van der Waals surface area contributed by atoms with Gasteiger partial charge in [-0.15, -0.1) is 0 Å². The number of rotatable bonds is 5. The lowest BCUT2D eigenvalue weighted by Crippen LogP contribution is -2.54. The van der Waals surface area contributed by atoms with E-state index in [1.165, 1.54) is 64.6 Å². The van der Waals surface area contributed by atoms with Gasteiger partial charge in [0.05, 0.1) is 0 Å². The summed E-state index contributed by atoms with van der Waals surface area (Å²) in [5, 5.41) is 3.76. The predicted octanol–water partition coefficient (Wildman–Crippen LogP) is 2.39. The molecule has 1 unspecified atom stereocenters. The molecule has 92 valence electrons. The molecule has 0 aromatic heterocycles. The topological polar surface area (TPSA) is 15.3 Å². The van der Waals surface area contributed by atoms with Crippen LogP contribution in [0.25, 0.3) is 0 Å². The van der Waals surface area contributed by atoms with Crippen molar-refractivity contribution in [1.29, 1.82) is 0 Å². The normalized spacial score (nSPS) is 35.6. The second-order valence-corrected chi connectivity index (χ2v) is 6.55. The van der Waals surface area contributed by atoms with Gasteiger partial charge < -0.3 is 5.32 Å². The lowest BCUT2D eigenvalue weighted by Gasteiger charge is -2.39. The predicted molar refractivity (Wildman–Crippen MR) is 67.6 cm³/mol. The van der Waals surface area contributed by atoms with Gasteiger partial charge in [-0.05, 0) is 57.9 Å². The van der Waals surface area contributed by atoms with Crippen molar-refractivity contribution in [3.63, 3.8) is 0 Å². The third-order valence-corrected chi connectivity index (χ3v) is 4.51. The molecule has 1 saturated heterocycles. The lowest BCUT2D eigenvalue weighted by molar-refractivity contribution is 0.152. The molecule has 2 saturated carbocycles. The van der Waals surface area contributed by atoms with Gasteiger partial charge in [-0.2, -0.15) is 0 Å². The molecular formula is C14H26N2. The van der Waals surface area contributed by atoms with E-state index in [0.29, 0.717) is 5.54 Å². The Labute approximate surface area is 99.8 Å². The molecule has 1 aliphatic heterocycles. The van der Waals surface area contributed by atoms with E-state index in [0.717, 1.165) is 12.0 Å². The maximum Gasteiger partial charge on any atom is 0.0280 e. The van der Waals surface area contributed by atoms with E-state index in [1.807, 2.05) is 0 Å². The summed E-state index contributed by atoms with van der Waals surface area (Å²) in [6.45, 7) is 6.36. The smallest absolute Gasteiger partial charge is 0.0280 e. The summed E-state index contributed by atoms with van der Waals surface area (Å²) in [6, 6.07) is 0.946. The highest BCUT2D eigenvalue weighted by molar-refractivity contribution is 4.96. The summed E-state index contributed by atoms with van der Waals surface area (Å²) < 4.78 is 0. The summed E-state index contributed by atoms with van der Waals surface area (Å²) in [5.74, 6) is 1.05. The zero-order valence-corrected chi connectivity index (χ0v) is 10.7. The Bertz CT molecular complexity index is 237. The minimum absolute atomic E-state index is 0.412. The molecule has 0 aromatic rings. The van der Waals surface area contributed by atoms with Crippen LogP contribution in [0.4, 0.5) is 0 Å². The van der Waals surface area contributed by atoms with Crippen LogP contribution < -0.4 is 5.32 Å². The van der Waals surface area contributed by atoms with E-state index in [4.69, 9.17) is 0 Å². The van der Waals surface area contributed by atoms with E-state index >= 15 is 0 Å². The SMILES string of the molecule is CC1(CN(CC2CC2)C2CC2)CCCCN1. The Morgan fingerprint density at radius 3 is 2.56 bits per heavy atom. The second-order valence-electron chi connectivity index (χ2n) is 6.55. The van der Waals surface area contributed by atoms with Gasteiger partial charge in [0.25, 0.3) is 0 Å². The first-order chi connectivity index (χ1) is 7.75. The first-order valence-electron chi connectivity index (χ1n) is 7.24. The van der Waals surface area contributed by atoms with Crippen molar-refractivity contribution in [3.05, 3.63) is 0 Å². The van der Waals surface area contributed by atoms with Crippen molar-refractivity contribution >= 4 is 0 Å². The molecule has 0 amide bonds. The van der Waals surface area contributed by atoms with Crippen molar-refractivity contribution in [2.45, 2.75) is 63.5 Å². The second kappa shape index (κ2) is 4.30. The fourth-order valence-corrected chi connectivity index (χ4v) is 3.12. The standard InChI is InChI=1S/C14H26N2/c1-14(8-2-3-9-15-14)11-16(13-6-7-13)10-12-4-5-12/h12-13,15H,2-11H2,1H3. The van der Waals surface area contributed by atoms with Crippen LogP contribution in [0.1, 0.15) is 51.9 Å². The van der Waals surface area contributed by atoms with Crippen LogP contribution in [0.5, 0.6) is 0 Å². The van der Waals surface area contributed by atoms with Crippen molar-refractivity contribution in [1.82, 2.24) is 10.2 Å². The Hall–Kier alpha value is -0.0800. The van der Waals surface area contributed by atoms with Crippen LogP contribution >= 0.6 is 0 Å². The maximum absolute atomic E-state index is 3.76. The van der Waals surface area contributed by atoms with Gasteiger partial charge in [0.1, 0.15) is 0 Å². The third kappa shape index (κ3) is 2.78. The Kier molecular flexibility index (Phi) is 2.97. The van der Waals surface area contributed by atoms with Gasteiger partial charge in [-0.25, -0.2) is 0 Å². The molecule has 0 aromatic carbocycles. The van der Waals surface area contributed by atoms with Crippen molar-refractivity contribution in [3.8, 4) is 0 Å². The summed E-state index contributed by atoms with van der Waals surface area (Å²) in [6.07, 6.45) is 10.1. The number of hydrogen-bond donors (Lipinski definition) is 1. The van der Waals surface area contributed by atoms with Gasteiger partial charge >= 0.3 is 0 Å². The molecule has 1 N–H and O–H groups in total. The summed E-state index contributed by atoms with van der Waals surface area (Å²) >= 11 is 0. The zero-order chi connectivity index (χ0) is 11.0. The molecule has 1 atom stereocenters. The average molecular weight is 222 g/mol. The quantitative estimate of drug-likeness (QED) is 0.768. The van der Waals surface area contributed by atoms with E-state index in [1.54, 1.807) is 0 Å². The van der Waals surface area contributed by atoms with E-state index in [9.17, 15) is 0 Å². The van der Waals surface area contributed by atoms with Gasteiger partial charge in [0, 0.05) is 24.7 Å². The summed E-state index contributed by atoms with van der Waals surface area (Å²) in [4.78, 5) is 2.80. The molecule has 0 radical (unpaired) electrons. The van der Waals surface area contributed by atoms with Crippen LogP contribution in [0.15, 0.2) is 0 Å². The molecule has 16 heavy (non-hydrogen) atoms. The summed E-state index contributed by atoms with van der Waals surface area (Å²) in [5.41, 5.74) is 0.412. The Balaban J connectivity index is 1.56. The number of nitrogens with zero attached hydrogens (tertiary/aromatic N) is 1. The van der Waals surface area contributed by atoms with E-state index < -0.39 is 0 Å². The molecule has 3 aliphatic rings. The maximum atomic E-state index is 3.76. The molecule has 2 nitrogen and oxygen atoms in total. The molecule has 0 spiro atoms. The van der Waals surface area contributed by atoms with Crippen LogP contribution in [-0.2, 0) is 0 Å². The van der Waals surface area contributed by atoms with Crippen molar-refractivity contribution in [2.24, 2.45) is 5.92 Å². The summed E-state index contributed by atoms with van der Waals surface area (Å²) in [7, 11) is 0. The highest BCUT2D eigenvalue weighted by atomic mass is 15.2. The molecular weight excluding hydrogens is 196 g/mol. The highest BCUT2D eigenvalue weighted by Crippen LogP contribution is 2.36. The van der Waals surface area contributed by atoms with Gasteiger partial charge in [-0.1, -0.05) is 6.42 Å². The fraction of sp³-hybridized carbons (Fsp3) is 1.00. The van der Waals surface area contributed by atoms with Crippen LogP contribution in [0.3, 0.4) is 0 Å². The number of nitrogens with one attached hydrogen (secondary N) is 1. The molecule has 3 fully saturated rings. The first kappa shape index (κ1) is 11.0. The van der Waals surface area contributed by atoms with Gasteiger partial charge in [-0.3, -0.25) is 4.90 Å². The zero-order valence-electron chi connectivity index (χ0n) is 10.7. The minimum atomic E-state index is 0.412. The molecule has 2 heteroatoms. The molecule has 2 aliphatic carbocycles. The molecule has 1 heterocycles. The Morgan fingerprint density at radius 2 is 2.00 bits per heavy atom. The fourth-order valence-electron chi connectivity index (χ4n) is 3.12. The van der Waals surface area contributed by atoms with Crippen LogP contribution in [-0.4, -0.2) is 36.1 Å². The van der Waals surface area contributed by atoms with Crippen LogP contribution in [0.2, 0.25) is 0 Å². The van der Waals surface area contributed by atoms with Gasteiger partial charge in [0.15, 0.2) is 0 Å². The van der Waals surface area contributed by atoms with E-state index in [-0.39, 0.29) is 0 Å². The monoisotopic (exact) mass is 222 g/mol. The van der Waals surface area contributed by atoms with Crippen LogP contribution in [0, 0.1) is 5.92 Å². The molecule has 3 rings (SSSR count). The molecule has 0 bridgehead atoms. The average Bonchev–Trinajstić information content (AvgIpc) is 3.13.